The Balaban J connectivity index is 2.31. The minimum atomic E-state index is -0.372. The number of phenolic OH excluding ortho intramolecular Hbond substituents is 1. The molecule has 0 aliphatic rings. The van der Waals surface area contributed by atoms with Gasteiger partial charge in [0.15, 0.2) is 0 Å². The highest BCUT2D eigenvalue weighted by molar-refractivity contribution is 9.13. The van der Waals surface area contributed by atoms with Crippen LogP contribution in [0.15, 0.2) is 32.5 Å². The summed E-state index contributed by atoms with van der Waals surface area (Å²) in [6.07, 6.45) is 0.627. The summed E-state index contributed by atoms with van der Waals surface area (Å²) < 4.78 is 8.52. The number of hydrogen-bond donors (Lipinski definition) is 1. The van der Waals surface area contributed by atoms with Crippen LogP contribution in [0.1, 0.15) is 27.9 Å². The molecule has 3 aromatic rings. The zero-order chi connectivity index (χ0) is 17.4. The van der Waals surface area contributed by atoms with Crippen LogP contribution in [0.3, 0.4) is 0 Å². The molecule has 4 nitrogen and oxygen atoms in total. The van der Waals surface area contributed by atoms with E-state index in [4.69, 9.17) is 4.74 Å². The van der Waals surface area contributed by atoms with Crippen LogP contribution in [0.2, 0.25) is 0 Å². The van der Waals surface area contributed by atoms with Gasteiger partial charge in [0.25, 0.3) is 0 Å². The van der Waals surface area contributed by atoms with Crippen LogP contribution in [0, 0.1) is 0 Å². The molecule has 126 valence electrons. The summed E-state index contributed by atoms with van der Waals surface area (Å²) in [6.45, 7) is 2.09. The maximum Gasteiger partial charge on any atom is 0.340 e. The zero-order valence-electron chi connectivity index (χ0n) is 13.1. The number of halogens is 2. The van der Waals surface area contributed by atoms with Crippen LogP contribution in [0.4, 0.5) is 0 Å². The third-order valence-electron chi connectivity index (χ3n) is 3.86. The number of aromatic hydroxyl groups is 1. The normalized spacial score (nSPS) is 11.2. The average Bonchev–Trinajstić information content (AvgIpc) is 3.13. The molecule has 1 aromatic carbocycles. The Morgan fingerprint density at radius 2 is 2.12 bits per heavy atom. The molecule has 0 unspecified atom stereocenters. The monoisotopic (exact) mass is 471 g/mol. The molecule has 0 radical (unpaired) electrons. The lowest BCUT2D eigenvalue weighted by molar-refractivity contribution is 0.0527. The van der Waals surface area contributed by atoms with Crippen molar-refractivity contribution in [2.45, 2.75) is 13.3 Å². The number of carbonyl (C=O) groups excluding carboxylic acids is 1. The Morgan fingerprint density at radius 1 is 1.38 bits per heavy atom. The smallest absolute Gasteiger partial charge is 0.340 e. The van der Waals surface area contributed by atoms with Crippen LogP contribution >= 0.6 is 43.2 Å². The second kappa shape index (κ2) is 6.90. The van der Waals surface area contributed by atoms with E-state index >= 15 is 0 Å². The third-order valence-corrected chi connectivity index (χ3v) is 6.84. The molecule has 0 saturated carbocycles. The summed E-state index contributed by atoms with van der Waals surface area (Å²) in [5, 5.41) is 12.8. The molecule has 1 N–H and O–H groups in total. The maximum atomic E-state index is 12.6. The van der Waals surface area contributed by atoms with Gasteiger partial charge in [-0.05, 0) is 56.3 Å². The number of esters is 1. The number of carbonyl (C=O) groups is 1. The number of nitrogens with zero attached hydrogens (tertiary/aromatic N) is 1. The van der Waals surface area contributed by atoms with E-state index in [-0.39, 0.29) is 11.7 Å². The molecule has 0 aliphatic heterocycles. The molecule has 0 fully saturated rings. The number of rotatable bonds is 4. The molecule has 24 heavy (non-hydrogen) atoms. The second-order valence-electron chi connectivity index (χ2n) is 5.28. The zero-order valence-corrected chi connectivity index (χ0v) is 17.1. The fourth-order valence-electron chi connectivity index (χ4n) is 2.80. The van der Waals surface area contributed by atoms with Crippen LogP contribution in [-0.2, 0) is 18.2 Å². The number of fused-ring (bicyclic) bond motifs is 1. The lowest BCUT2D eigenvalue weighted by atomic mass is 10.1. The van der Waals surface area contributed by atoms with Gasteiger partial charge in [-0.2, -0.15) is 0 Å². The van der Waals surface area contributed by atoms with Gasteiger partial charge in [-0.3, -0.25) is 0 Å². The number of aryl methyl sites for hydroxylation is 1. The highest BCUT2D eigenvalue weighted by Gasteiger charge is 2.26. The van der Waals surface area contributed by atoms with E-state index in [1.807, 2.05) is 29.1 Å². The lowest BCUT2D eigenvalue weighted by Crippen LogP contribution is -2.09. The van der Waals surface area contributed by atoms with Crippen LogP contribution in [-0.4, -0.2) is 22.2 Å². The first-order chi connectivity index (χ1) is 11.5. The fourth-order valence-corrected chi connectivity index (χ4v) is 4.49. The number of aromatic nitrogens is 1. The SMILES string of the molecule is CCOC(=O)c1c(Cc2cccs2)n(C)c2c(Br)c(Br)c(O)cc12. The molecule has 0 amide bonds. The summed E-state index contributed by atoms with van der Waals surface area (Å²) in [5.41, 5.74) is 2.21. The van der Waals surface area contributed by atoms with Crippen LogP contribution < -0.4 is 0 Å². The van der Waals surface area contributed by atoms with E-state index in [9.17, 15) is 9.90 Å². The number of phenols is 1. The Kier molecular flexibility index (Phi) is 5.03. The molecule has 7 heteroatoms. The van der Waals surface area contributed by atoms with Crippen molar-refractivity contribution in [3.05, 3.63) is 48.7 Å². The highest BCUT2D eigenvalue weighted by Crippen LogP contribution is 2.42. The summed E-state index contributed by atoms with van der Waals surface area (Å²) in [4.78, 5) is 13.7. The maximum absolute atomic E-state index is 12.6. The standard InChI is InChI=1S/C17H15Br2NO3S/c1-3-23-17(22)13-10-8-12(21)14(18)15(19)16(10)20(2)11(13)7-9-5-4-6-24-9/h4-6,8,21H,3,7H2,1-2H3. The first-order valence-corrected chi connectivity index (χ1v) is 9.80. The van der Waals surface area contributed by atoms with Crippen molar-refractivity contribution in [1.82, 2.24) is 4.57 Å². The molecular weight excluding hydrogens is 458 g/mol. The van der Waals surface area contributed by atoms with E-state index in [0.717, 1.165) is 16.1 Å². The van der Waals surface area contributed by atoms with Gasteiger partial charge < -0.3 is 14.4 Å². The Bertz CT molecular complexity index is 916. The Labute approximate surface area is 160 Å². The van der Waals surface area contributed by atoms with Gasteiger partial charge in [-0.25, -0.2) is 4.79 Å². The van der Waals surface area contributed by atoms with Crippen molar-refractivity contribution in [2.75, 3.05) is 6.61 Å². The summed E-state index contributed by atoms with van der Waals surface area (Å²) >= 11 is 8.54. The van der Waals surface area contributed by atoms with Gasteiger partial charge in [0.05, 0.1) is 26.6 Å². The van der Waals surface area contributed by atoms with Gasteiger partial charge in [0.2, 0.25) is 0 Å². The van der Waals surface area contributed by atoms with Crippen LogP contribution in [0.5, 0.6) is 5.75 Å². The molecule has 0 spiro atoms. The number of ether oxygens (including phenoxy) is 1. The van der Waals surface area contributed by atoms with Crippen molar-refractivity contribution >= 4 is 60.1 Å². The van der Waals surface area contributed by atoms with Crippen LogP contribution in [0.25, 0.3) is 10.9 Å². The van der Waals surface area contributed by atoms with Crippen molar-refractivity contribution in [2.24, 2.45) is 7.05 Å². The molecule has 0 saturated heterocycles. The number of benzene rings is 1. The van der Waals surface area contributed by atoms with Gasteiger partial charge in [-0.1, -0.05) is 6.07 Å². The van der Waals surface area contributed by atoms with Gasteiger partial charge >= 0.3 is 5.97 Å². The topological polar surface area (TPSA) is 51.5 Å². The van der Waals surface area contributed by atoms with E-state index in [1.54, 1.807) is 24.3 Å². The Hall–Kier alpha value is -1.31. The minimum absolute atomic E-state index is 0.0770. The molecule has 3 rings (SSSR count). The van der Waals surface area contributed by atoms with Crippen molar-refractivity contribution in [3.63, 3.8) is 0 Å². The van der Waals surface area contributed by atoms with Crippen molar-refractivity contribution in [3.8, 4) is 5.75 Å². The van der Waals surface area contributed by atoms with E-state index in [1.165, 1.54) is 0 Å². The van der Waals surface area contributed by atoms with Gasteiger partial charge in [0.1, 0.15) is 5.75 Å². The van der Waals surface area contributed by atoms with E-state index in [0.29, 0.717) is 32.9 Å². The molecule has 0 bridgehead atoms. The quantitative estimate of drug-likeness (QED) is 0.528. The van der Waals surface area contributed by atoms with Gasteiger partial charge in [0, 0.05) is 29.4 Å². The summed E-state index contributed by atoms with van der Waals surface area (Å²) in [6, 6.07) is 5.64. The highest BCUT2D eigenvalue weighted by atomic mass is 79.9. The predicted molar refractivity (Wildman–Crippen MR) is 103 cm³/mol. The molecule has 0 atom stereocenters. The summed E-state index contributed by atoms with van der Waals surface area (Å²) in [7, 11) is 1.92. The van der Waals surface area contributed by atoms with E-state index in [2.05, 4.69) is 31.9 Å². The fraction of sp³-hybridized carbons (Fsp3) is 0.235. The van der Waals surface area contributed by atoms with E-state index < -0.39 is 0 Å². The number of hydrogen-bond acceptors (Lipinski definition) is 4. The molecule has 2 heterocycles. The average molecular weight is 473 g/mol. The molecule has 2 aromatic heterocycles. The van der Waals surface area contributed by atoms with Crippen molar-refractivity contribution in [1.29, 1.82) is 0 Å². The first-order valence-electron chi connectivity index (χ1n) is 7.33. The number of thiophene rings is 1. The summed E-state index contributed by atoms with van der Waals surface area (Å²) in [5.74, 6) is -0.295. The van der Waals surface area contributed by atoms with Crippen molar-refractivity contribution < 1.29 is 14.6 Å². The largest absolute Gasteiger partial charge is 0.507 e. The molecular formula is C17H15Br2NO3S. The second-order valence-corrected chi connectivity index (χ2v) is 7.90. The predicted octanol–water partition coefficient (Wildman–Crippen LogP) is 5.24. The Morgan fingerprint density at radius 3 is 2.75 bits per heavy atom. The molecule has 0 aliphatic carbocycles. The lowest BCUT2D eigenvalue weighted by Gasteiger charge is -2.07. The minimum Gasteiger partial charge on any atom is -0.507 e. The third kappa shape index (κ3) is 2.89. The van der Waals surface area contributed by atoms with Gasteiger partial charge in [-0.15, -0.1) is 11.3 Å². The first kappa shape index (κ1) is 17.5.